The lowest BCUT2D eigenvalue weighted by atomic mass is 10.1. The first-order chi connectivity index (χ1) is 16.1. The van der Waals surface area contributed by atoms with Crippen LogP contribution in [0.15, 0.2) is 73.1 Å². The van der Waals surface area contributed by atoms with Crippen LogP contribution in [-0.4, -0.2) is 58.1 Å². The van der Waals surface area contributed by atoms with Crippen molar-refractivity contribution in [2.75, 3.05) is 31.6 Å². The van der Waals surface area contributed by atoms with Gasteiger partial charge in [0.1, 0.15) is 11.3 Å². The number of carbonyl (C=O) groups is 2. The van der Waals surface area contributed by atoms with Crippen LogP contribution < -0.4 is 9.64 Å². The maximum atomic E-state index is 12.8. The lowest BCUT2D eigenvalue weighted by Gasteiger charge is -2.33. The van der Waals surface area contributed by atoms with E-state index in [0.717, 1.165) is 28.1 Å². The lowest BCUT2D eigenvalue weighted by molar-refractivity contribution is -0.145. The molecule has 2 aromatic heterocycles. The molecule has 0 bridgehead atoms. The molecule has 5 rings (SSSR count). The highest BCUT2D eigenvalue weighted by Gasteiger charge is 2.32. The fourth-order valence-corrected chi connectivity index (χ4v) is 4.05. The first-order valence-electron chi connectivity index (χ1n) is 10.7. The zero-order chi connectivity index (χ0) is 22.8. The molecule has 1 aliphatic heterocycles. The monoisotopic (exact) mass is 441 g/mol. The van der Waals surface area contributed by atoms with Gasteiger partial charge in [0.05, 0.1) is 25.9 Å². The standard InChI is InChI=1S/C25H23N5O3/c1-33-20-9-5-8-19(14-20)21-15-22-25(26-11-13-30(22)27-21)28-16-23(31)29(24(32)17-28)12-10-18-6-3-2-4-7-18/h2-9,11,13-15H,10,12,16-17H2,1H3. The quantitative estimate of drug-likeness (QED) is 0.428. The highest BCUT2D eigenvalue weighted by Crippen LogP contribution is 2.28. The van der Waals surface area contributed by atoms with Gasteiger partial charge in [-0.15, -0.1) is 0 Å². The highest BCUT2D eigenvalue weighted by atomic mass is 16.5. The van der Waals surface area contributed by atoms with Gasteiger partial charge in [0.15, 0.2) is 5.82 Å². The van der Waals surface area contributed by atoms with Gasteiger partial charge < -0.3 is 9.64 Å². The van der Waals surface area contributed by atoms with E-state index < -0.39 is 0 Å². The maximum absolute atomic E-state index is 12.8. The molecule has 166 valence electrons. The Labute approximate surface area is 191 Å². The van der Waals surface area contributed by atoms with Crippen molar-refractivity contribution in [1.29, 1.82) is 0 Å². The molecule has 2 amide bonds. The van der Waals surface area contributed by atoms with E-state index in [0.29, 0.717) is 18.8 Å². The number of fused-ring (bicyclic) bond motifs is 1. The molecule has 8 heteroatoms. The Morgan fingerprint density at radius 2 is 1.76 bits per heavy atom. The van der Waals surface area contributed by atoms with E-state index in [2.05, 4.69) is 10.1 Å². The third kappa shape index (κ3) is 4.15. The van der Waals surface area contributed by atoms with Gasteiger partial charge in [0.25, 0.3) is 0 Å². The molecule has 2 aromatic carbocycles. The van der Waals surface area contributed by atoms with E-state index >= 15 is 0 Å². The molecule has 0 spiro atoms. The maximum Gasteiger partial charge on any atom is 0.248 e. The summed E-state index contributed by atoms with van der Waals surface area (Å²) in [5.74, 6) is 0.853. The number of hydrogen-bond donors (Lipinski definition) is 0. The number of methoxy groups -OCH3 is 1. The number of rotatable bonds is 6. The second kappa shape index (κ2) is 8.74. The smallest absolute Gasteiger partial charge is 0.248 e. The molecule has 33 heavy (non-hydrogen) atoms. The molecular weight excluding hydrogens is 418 g/mol. The number of amides is 2. The van der Waals surface area contributed by atoms with Crippen molar-refractivity contribution in [1.82, 2.24) is 19.5 Å². The zero-order valence-corrected chi connectivity index (χ0v) is 18.2. The molecule has 1 saturated heterocycles. The van der Waals surface area contributed by atoms with E-state index in [1.165, 1.54) is 4.90 Å². The van der Waals surface area contributed by atoms with Crippen molar-refractivity contribution in [3.63, 3.8) is 0 Å². The van der Waals surface area contributed by atoms with Crippen LogP contribution in [-0.2, 0) is 16.0 Å². The molecular formula is C25H23N5O3. The minimum absolute atomic E-state index is 0.0902. The van der Waals surface area contributed by atoms with Gasteiger partial charge in [-0.3, -0.25) is 14.5 Å². The Kier molecular flexibility index (Phi) is 5.48. The molecule has 0 atom stereocenters. The molecule has 1 aliphatic rings. The Morgan fingerprint density at radius 1 is 0.970 bits per heavy atom. The van der Waals surface area contributed by atoms with Crippen LogP contribution >= 0.6 is 0 Å². The summed E-state index contributed by atoms with van der Waals surface area (Å²) in [6, 6.07) is 19.4. The van der Waals surface area contributed by atoms with Crippen molar-refractivity contribution >= 4 is 23.1 Å². The number of anilines is 1. The molecule has 1 fully saturated rings. The Hall–Kier alpha value is -4.20. The Bertz CT molecular complexity index is 1300. The second-order valence-corrected chi connectivity index (χ2v) is 7.87. The molecule has 3 heterocycles. The van der Waals surface area contributed by atoms with Crippen LogP contribution in [0.2, 0.25) is 0 Å². The minimum Gasteiger partial charge on any atom is -0.497 e. The molecule has 4 aromatic rings. The van der Waals surface area contributed by atoms with E-state index in [4.69, 9.17) is 4.74 Å². The van der Waals surface area contributed by atoms with Crippen LogP contribution in [0.5, 0.6) is 5.75 Å². The summed E-state index contributed by atoms with van der Waals surface area (Å²) < 4.78 is 7.03. The molecule has 0 N–H and O–H groups in total. The van der Waals surface area contributed by atoms with Crippen molar-refractivity contribution in [3.05, 3.63) is 78.6 Å². The summed E-state index contributed by atoms with van der Waals surface area (Å²) in [6.07, 6.45) is 4.02. The van der Waals surface area contributed by atoms with Crippen LogP contribution in [0, 0.1) is 0 Å². The number of imide groups is 1. The first kappa shape index (κ1) is 20.7. The third-order valence-corrected chi connectivity index (χ3v) is 5.76. The highest BCUT2D eigenvalue weighted by molar-refractivity contribution is 6.03. The number of aromatic nitrogens is 3. The largest absolute Gasteiger partial charge is 0.497 e. The van der Waals surface area contributed by atoms with Crippen LogP contribution in [0.4, 0.5) is 5.82 Å². The van der Waals surface area contributed by atoms with Gasteiger partial charge >= 0.3 is 0 Å². The summed E-state index contributed by atoms with van der Waals surface area (Å²) >= 11 is 0. The average Bonchev–Trinajstić information content (AvgIpc) is 3.29. The predicted octanol–water partition coefficient (Wildman–Crippen LogP) is 2.82. The summed E-state index contributed by atoms with van der Waals surface area (Å²) in [7, 11) is 1.62. The topological polar surface area (TPSA) is 80.0 Å². The van der Waals surface area contributed by atoms with E-state index in [9.17, 15) is 9.59 Å². The summed E-state index contributed by atoms with van der Waals surface area (Å²) in [6.45, 7) is 0.555. The van der Waals surface area contributed by atoms with Gasteiger partial charge in [0.2, 0.25) is 11.8 Å². The van der Waals surface area contributed by atoms with Crippen LogP contribution in [0.3, 0.4) is 0 Å². The summed E-state index contributed by atoms with van der Waals surface area (Å²) in [5, 5.41) is 4.64. The Balaban J connectivity index is 1.38. The Morgan fingerprint density at radius 3 is 2.52 bits per heavy atom. The second-order valence-electron chi connectivity index (χ2n) is 7.87. The predicted molar refractivity (Wildman–Crippen MR) is 124 cm³/mol. The van der Waals surface area contributed by atoms with Crippen LogP contribution in [0.25, 0.3) is 16.8 Å². The average molecular weight is 441 g/mol. The SMILES string of the molecule is COc1cccc(-c2cc3c(N4CC(=O)N(CCc5ccccc5)C(=O)C4)nccn3n2)c1. The fourth-order valence-electron chi connectivity index (χ4n) is 4.05. The van der Waals surface area contributed by atoms with Gasteiger partial charge in [-0.25, -0.2) is 9.50 Å². The van der Waals surface area contributed by atoms with E-state index in [-0.39, 0.29) is 24.9 Å². The normalized spacial score (nSPS) is 14.2. The molecule has 0 radical (unpaired) electrons. The number of ether oxygens (including phenoxy) is 1. The van der Waals surface area contributed by atoms with E-state index in [1.54, 1.807) is 28.9 Å². The van der Waals surface area contributed by atoms with Gasteiger partial charge in [-0.05, 0) is 30.2 Å². The molecule has 0 saturated carbocycles. The fraction of sp³-hybridized carbons (Fsp3) is 0.200. The lowest BCUT2D eigenvalue weighted by Crippen LogP contribution is -2.54. The van der Waals surface area contributed by atoms with Crippen molar-refractivity contribution in [2.45, 2.75) is 6.42 Å². The van der Waals surface area contributed by atoms with Gasteiger partial charge in [-0.2, -0.15) is 5.10 Å². The minimum atomic E-state index is -0.224. The number of benzene rings is 2. The number of piperazine rings is 1. The van der Waals surface area contributed by atoms with Crippen molar-refractivity contribution in [2.24, 2.45) is 0 Å². The zero-order valence-electron chi connectivity index (χ0n) is 18.2. The van der Waals surface area contributed by atoms with Gasteiger partial charge in [0, 0.05) is 24.5 Å². The summed E-state index contributed by atoms with van der Waals surface area (Å²) in [4.78, 5) is 33.2. The van der Waals surface area contributed by atoms with Gasteiger partial charge in [-0.1, -0.05) is 42.5 Å². The number of nitrogens with zero attached hydrogens (tertiary/aromatic N) is 5. The molecule has 8 nitrogen and oxygen atoms in total. The van der Waals surface area contributed by atoms with Crippen LogP contribution in [0.1, 0.15) is 5.56 Å². The summed E-state index contributed by atoms with van der Waals surface area (Å²) in [5.41, 5.74) is 3.48. The number of hydrogen-bond acceptors (Lipinski definition) is 6. The number of carbonyl (C=O) groups excluding carboxylic acids is 2. The first-order valence-corrected chi connectivity index (χ1v) is 10.7. The van der Waals surface area contributed by atoms with E-state index in [1.807, 2.05) is 60.7 Å². The van der Waals surface area contributed by atoms with Crippen molar-refractivity contribution in [3.8, 4) is 17.0 Å². The van der Waals surface area contributed by atoms with Crippen molar-refractivity contribution < 1.29 is 14.3 Å². The third-order valence-electron chi connectivity index (χ3n) is 5.76. The molecule has 0 aliphatic carbocycles. The molecule has 0 unspecified atom stereocenters.